The van der Waals surface area contributed by atoms with E-state index >= 15 is 0 Å². The van der Waals surface area contributed by atoms with Crippen LogP contribution in [0.15, 0.2) is 48.5 Å². The van der Waals surface area contributed by atoms with E-state index in [0.29, 0.717) is 17.3 Å². The highest BCUT2D eigenvalue weighted by Gasteiger charge is 2.10. The van der Waals surface area contributed by atoms with E-state index in [4.69, 9.17) is 5.73 Å². The number of nitrogens with two attached hydrogens (primary N) is 1. The Kier molecular flexibility index (Phi) is 6.24. The molecule has 0 saturated heterocycles. The molecule has 0 spiro atoms. The fourth-order valence-corrected chi connectivity index (χ4v) is 2.55. The summed E-state index contributed by atoms with van der Waals surface area (Å²) in [6, 6.07) is 16.2. The Balaban J connectivity index is 1.93. The second-order valence-electron chi connectivity index (χ2n) is 6.50. The molecule has 1 atom stereocenters. The third-order valence-corrected chi connectivity index (χ3v) is 3.84. The molecule has 0 radical (unpaired) electrons. The van der Waals surface area contributed by atoms with Crippen LogP contribution in [0.3, 0.4) is 0 Å². The molecule has 2 aromatic rings. The first-order valence-corrected chi connectivity index (χ1v) is 8.46. The number of amides is 1. The van der Waals surface area contributed by atoms with Crippen LogP contribution in [0, 0.1) is 0 Å². The summed E-state index contributed by atoms with van der Waals surface area (Å²) in [5.74, 6) is -0.0969. The van der Waals surface area contributed by atoms with E-state index in [1.807, 2.05) is 26.0 Å². The molecule has 0 heterocycles. The predicted molar refractivity (Wildman–Crippen MR) is 101 cm³/mol. The van der Waals surface area contributed by atoms with Gasteiger partial charge in [-0.3, -0.25) is 4.79 Å². The fourth-order valence-electron chi connectivity index (χ4n) is 2.55. The number of hydrogen-bond donors (Lipinski definition) is 3. The van der Waals surface area contributed by atoms with Crippen molar-refractivity contribution in [2.75, 3.05) is 11.1 Å². The summed E-state index contributed by atoms with van der Waals surface area (Å²) >= 11 is 0. The molecule has 0 aromatic heterocycles. The van der Waals surface area contributed by atoms with Gasteiger partial charge < -0.3 is 16.4 Å². The van der Waals surface area contributed by atoms with Gasteiger partial charge in [-0.25, -0.2) is 0 Å². The number of anilines is 2. The van der Waals surface area contributed by atoms with Crippen LogP contribution in [0.1, 0.15) is 43.1 Å². The van der Waals surface area contributed by atoms with Gasteiger partial charge in [0.05, 0.1) is 11.4 Å². The summed E-state index contributed by atoms with van der Waals surface area (Å²) in [6.45, 7) is 6.01. The SMILES string of the molecule is CC(C)NC(=O)c1ccc(N[C@@H](C)CCc2ccccc2)c(N)c1. The highest BCUT2D eigenvalue weighted by molar-refractivity contribution is 5.96. The van der Waals surface area contributed by atoms with Crippen molar-refractivity contribution in [3.8, 4) is 0 Å². The second-order valence-corrected chi connectivity index (χ2v) is 6.50. The quantitative estimate of drug-likeness (QED) is 0.678. The van der Waals surface area contributed by atoms with Crippen molar-refractivity contribution in [2.24, 2.45) is 0 Å². The molecule has 0 aliphatic rings. The minimum atomic E-state index is -0.0969. The van der Waals surface area contributed by atoms with Crippen molar-refractivity contribution in [1.29, 1.82) is 0 Å². The number of carbonyl (C=O) groups excluding carboxylic acids is 1. The van der Waals surface area contributed by atoms with Gasteiger partial charge in [-0.05, 0) is 57.4 Å². The zero-order valence-corrected chi connectivity index (χ0v) is 14.7. The minimum Gasteiger partial charge on any atom is -0.397 e. The molecule has 0 fully saturated rings. The van der Waals surface area contributed by atoms with Gasteiger partial charge in [0.2, 0.25) is 0 Å². The van der Waals surface area contributed by atoms with Crippen LogP contribution in [-0.4, -0.2) is 18.0 Å². The highest BCUT2D eigenvalue weighted by Crippen LogP contribution is 2.22. The van der Waals surface area contributed by atoms with E-state index < -0.39 is 0 Å². The van der Waals surface area contributed by atoms with E-state index in [1.54, 1.807) is 12.1 Å². The Bertz CT molecular complexity index is 668. The van der Waals surface area contributed by atoms with Gasteiger partial charge in [0.25, 0.3) is 5.91 Å². The molecular weight excluding hydrogens is 298 g/mol. The number of rotatable bonds is 7. The van der Waals surface area contributed by atoms with Crippen molar-refractivity contribution >= 4 is 17.3 Å². The van der Waals surface area contributed by atoms with Crippen LogP contribution in [0.4, 0.5) is 11.4 Å². The normalized spacial score (nSPS) is 12.0. The smallest absolute Gasteiger partial charge is 0.251 e. The summed E-state index contributed by atoms with van der Waals surface area (Å²) in [6.07, 6.45) is 2.03. The molecule has 0 unspecified atom stereocenters. The van der Waals surface area contributed by atoms with Gasteiger partial charge in [0.1, 0.15) is 0 Å². The maximum Gasteiger partial charge on any atom is 0.251 e. The van der Waals surface area contributed by atoms with Crippen molar-refractivity contribution in [3.63, 3.8) is 0 Å². The third kappa shape index (κ3) is 5.30. The molecule has 0 aliphatic carbocycles. The maximum absolute atomic E-state index is 12.0. The third-order valence-electron chi connectivity index (χ3n) is 3.84. The molecule has 128 valence electrons. The number of nitrogens with one attached hydrogen (secondary N) is 2. The fraction of sp³-hybridized carbons (Fsp3) is 0.350. The molecular formula is C20H27N3O. The lowest BCUT2D eigenvalue weighted by molar-refractivity contribution is 0.0943. The van der Waals surface area contributed by atoms with Gasteiger partial charge in [-0.1, -0.05) is 30.3 Å². The van der Waals surface area contributed by atoms with Gasteiger partial charge in [0.15, 0.2) is 0 Å². The van der Waals surface area contributed by atoms with Crippen molar-refractivity contribution in [1.82, 2.24) is 5.32 Å². The first kappa shape index (κ1) is 17.9. The van der Waals surface area contributed by atoms with E-state index in [2.05, 4.69) is 41.8 Å². The molecule has 1 amide bonds. The topological polar surface area (TPSA) is 67.2 Å². The number of carbonyl (C=O) groups is 1. The van der Waals surface area contributed by atoms with Crippen molar-refractivity contribution < 1.29 is 4.79 Å². The Hall–Kier alpha value is -2.49. The second kappa shape index (κ2) is 8.39. The van der Waals surface area contributed by atoms with E-state index in [0.717, 1.165) is 18.5 Å². The lowest BCUT2D eigenvalue weighted by Crippen LogP contribution is -2.30. The van der Waals surface area contributed by atoms with Crippen molar-refractivity contribution in [2.45, 2.75) is 45.7 Å². The van der Waals surface area contributed by atoms with Crippen LogP contribution in [0.5, 0.6) is 0 Å². The molecule has 0 bridgehead atoms. The molecule has 4 heteroatoms. The van der Waals surface area contributed by atoms with Gasteiger partial charge >= 0.3 is 0 Å². The lowest BCUT2D eigenvalue weighted by Gasteiger charge is -2.17. The Morgan fingerprint density at radius 1 is 1.08 bits per heavy atom. The van der Waals surface area contributed by atoms with E-state index in [-0.39, 0.29) is 11.9 Å². The molecule has 2 aromatic carbocycles. The summed E-state index contributed by atoms with van der Waals surface area (Å²) < 4.78 is 0. The van der Waals surface area contributed by atoms with Crippen LogP contribution in [0.25, 0.3) is 0 Å². The summed E-state index contributed by atoms with van der Waals surface area (Å²) in [4.78, 5) is 12.0. The Morgan fingerprint density at radius 2 is 1.79 bits per heavy atom. The predicted octanol–water partition coefficient (Wildman–Crippen LogP) is 3.84. The van der Waals surface area contributed by atoms with Crippen LogP contribution in [0.2, 0.25) is 0 Å². The highest BCUT2D eigenvalue weighted by atomic mass is 16.1. The van der Waals surface area contributed by atoms with E-state index in [1.165, 1.54) is 5.56 Å². The molecule has 0 saturated carbocycles. The summed E-state index contributed by atoms with van der Waals surface area (Å²) in [5.41, 5.74) is 9.49. The van der Waals surface area contributed by atoms with Crippen molar-refractivity contribution in [3.05, 3.63) is 59.7 Å². The number of benzene rings is 2. The molecule has 4 nitrogen and oxygen atoms in total. The van der Waals surface area contributed by atoms with Crippen LogP contribution in [-0.2, 0) is 6.42 Å². The number of hydrogen-bond acceptors (Lipinski definition) is 3. The zero-order valence-electron chi connectivity index (χ0n) is 14.7. The van der Waals surface area contributed by atoms with E-state index in [9.17, 15) is 4.79 Å². The van der Waals surface area contributed by atoms with Crippen LogP contribution >= 0.6 is 0 Å². The maximum atomic E-state index is 12.0. The minimum absolute atomic E-state index is 0.0969. The van der Waals surface area contributed by atoms with Gasteiger partial charge in [-0.2, -0.15) is 0 Å². The molecule has 2 rings (SSSR count). The lowest BCUT2D eigenvalue weighted by atomic mass is 10.1. The average molecular weight is 325 g/mol. The van der Waals surface area contributed by atoms with Gasteiger partial charge in [-0.15, -0.1) is 0 Å². The first-order valence-electron chi connectivity index (χ1n) is 8.46. The number of aryl methyl sites for hydroxylation is 1. The largest absolute Gasteiger partial charge is 0.397 e. The molecule has 24 heavy (non-hydrogen) atoms. The molecule has 4 N–H and O–H groups in total. The summed E-state index contributed by atoms with van der Waals surface area (Å²) in [5, 5.41) is 6.30. The standard InChI is InChI=1S/C20H27N3O/c1-14(2)22-20(24)17-11-12-19(18(21)13-17)23-15(3)9-10-16-7-5-4-6-8-16/h4-8,11-15,23H,9-10,21H2,1-3H3,(H,22,24)/t15-/m0/s1. The van der Waals surface area contributed by atoms with Gasteiger partial charge in [0, 0.05) is 17.6 Å². The average Bonchev–Trinajstić information content (AvgIpc) is 2.55. The first-order chi connectivity index (χ1) is 11.5. The zero-order chi connectivity index (χ0) is 17.5. The summed E-state index contributed by atoms with van der Waals surface area (Å²) in [7, 11) is 0. The number of nitrogen functional groups attached to an aromatic ring is 1. The molecule has 0 aliphatic heterocycles. The Labute approximate surface area is 144 Å². The monoisotopic (exact) mass is 325 g/mol. The van der Waals surface area contributed by atoms with Crippen LogP contribution < -0.4 is 16.4 Å². The Morgan fingerprint density at radius 3 is 2.42 bits per heavy atom.